The number of hydrogen-bond donors (Lipinski definition) is 1. The molecular weight excluding hydrogens is 326 g/mol. The highest BCUT2D eigenvalue weighted by Gasteiger charge is 2.23. The number of nitrogens with one attached hydrogen (secondary N) is 1. The SMILES string of the molecule is COC(=O)c1cc(CN2CCc3[nH]c4ccc(C)cc4c3C2)n(C)c1C. The Labute approximate surface area is 153 Å². The average Bonchev–Trinajstić information content (AvgIpc) is 3.13. The van der Waals surface area contributed by atoms with Crippen molar-refractivity contribution in [3.05, 3.63) is 58.0 Å². The molecule has 0 atom stereocenters. The highest BCUT2D eigenvalue weighted by Crippen LogP contribution is 2.29. The van der Waals surface area contributed by atoms with Crippen LogP contribution in [0, 0.1) is 13.8 Å². The van der Waals surface area contributed by atoms with Crippen LogP contribution in [0.2, 0.25) is 0 Å². The van der Waals surface area contributed by atoms with Crippen molar-refractivity contribution in [2.75, 3.05) is 13.7 Å². The molecule has 136 valence electrons. The van der Waals surface area contributed by atoms with Crippen LogP contribution >= 0.6 is 0 Å². The van der Waals surface area contributed by atoms with Gasteiger partial charge in [0, 0.05) is 61.1 Å². The Morgan fingerprint density at radius 2 is 2.08 bits per heavy atom. The third kappa shape index (κ3) is 2.72. The molecule has 1 aliphatic heterocycles. The number of carbonyl (C=O) groups excluding carboxylic acids is 1. The normalized spacial score (nSPS) is 14.6. The molecule has 0 spiro atoms. The second kappa shape index (κ2) is 6.32. The number of H-pyrrole nitrogens is 1. The molecule has 3 heterocycles. The van der Waals surface area contributed by atoms with Gasteiger partial charge in [-0.3, -0.25) is 4.90 Å². The first-order valence-corrected chi connectivity index (χ1v) is 9.04. The summed E-state index contributed by atoms with van der Waals surface area (Å²) in [6.45, 7) is 6.87. The third-order valence-corrected chi connectivity index (χ3v) is 5.64. The van der Waals surface area contributed by atoms with Crippen molar-refractivity contribution in [2.24, 2.45) is 7.05 Å². The molecule has 3 aromatic rings. The predicted molar refractivity (Wildman–Crippen MR) is 102 cm³/mol. The topological polar surface area (TPSA) is 50.3 Å². The van der Waals surface area contributed by atoms with Gasteiger partial charge >= 0.3 is 5.97 Å². The van der Waals surface area contributed by atoms with Crippen LogP contribution in [-0.4, -0.2) is 34.1 Å². The predicted octanol–water partition coefficient (Wildman–Crippen LogP) is 3.47. The maximum absolute atomic E-state index is 11.9. The summed E-state index contributed by atoms with van der Waals surface area (Å²) < 4.78 is 7.00. The van der Waals surface area contributed by atoms with Gasteiger partial charge in [-0.25, -0.2) is 4.79 Å². The van der Waals surface area contributed by atoms with Crippen molar-refractivity contribution in [2.45, 2.75) is 33.4 Å². The fourth-order valence-electron chi connectivity index (χ4n) is 3.98. The number of ether oxygens (including phenoxy) is 1. The number of hydrogen-bond acceptors (Lipinski definition) is 3. The van der Waals surface area contributed by atoms with Crippen LogP contribution in [0.1, 0.15) is 38.6 Å². The molecule has 0 aliphatic carbocycles. The lowest BCUT2D eigenvalue weighted by Gasteiger charge is -2.27. The highest BCUT2D eigenvalue weighted by atomic mass is 16.5. The zero-order valence-electron chi connectivity index (χ0n) is 15.8. The van der Waals surface area contributed by atoms with E-state index in [0.717, 1.165) is 37.4 Å². The molecule has 5 heteroatoms. The molecule has 0 unspecified atom stereocenters. The van der Waals surface area contributed by atoms with Gasteiger partial charge in [0.15, 0.2) is 0 Å². The molecule has 0 radical (unpaired) electrons. The molecule has 1 aliphatic rings. The van der Waals surface area contributed by atoms with Crippen molar-refractivity contribution in [3.63, 3.8) is 0 Å². The molecule has 0 fully saturated rings. The number of esters is 1. The van der Waals surface area contributed by atoms with Gasteiger partial charge in [0.25, 0.3) is 0 Å². The molecule has 1 aromatic carbocycles. The van der Waals surface area contributed by atoms with Gasteiger partial charge in [0.2, 0.25) is 0 Å². The maximum Gasteiger partial charge on any atom is 0.339 e. The smallest absolute Gasteiger partial charge is 0.339 e. The van der Waals surface area contributed by atoms with Crippen LogP contribution in [0.5, 0.6) is 0 Å². The first-order valence-electron chi connectivity index (χ1n) is 9.04. The van der Waals surface area contributed by atoms with Crippen molar-refractivity contribution in [1.29, 1.82) is 0 Å². The summed E-state index contributed by atoms with van der Waals surface area (Å²) >= 11 is 0. The minimum absolute atomic E-state index is 0.266. The van der Waals surface area contributed by atoms with Gasteiger partial charge in [-0.1, -0.05) is 11.6 Å². The van der Waals surface area contributed by atoms with E-state index in [1.807, 2.05) is 20.0 Å². The Hall–Kier alpha value is -2.53. The van der Waals surface area contributed by atoms with Gasteiger partial charge in [-0.05, 0) is 37.6 Å². The first kappa shape index (κ1) is 16.9. The fraction of sp³-hybridized carbons (Fsp3) is 0.381. The van der Waals surface area contributed by atoms with E-state index in [2.05, 4.69) is 39.6 Å². The number of methoxy groups -OCH3 is 1. The Bertz CT molecular complexity index is 997. The number of aryl methyl sites for hydroxylation is 1. The van der Waals surface area contributed by atoms with Gasteiger partial charge < -0.3 is 14.3 Å². The number of benzene rings is 1. The number of fused-ring (bicyclic) bond motifs is 3. The minimum Gasteiger partial charge on any atom is -0.465 e. The molecule has 26 heavy (non-hydrogen) atoms. The Balaban J connectivity index is 1.61. The van der Waals surface area contributed by atoms with E-state index in [9.17, 15) is 4.79 Å². The molecule has 5 nitrogen and oxygen atoms in total. The summed E-state index contributed by atoms with van der Waals surface area (Å²) in [6.07, 6.45) is 1.02. The third-order valence-electron chi connectivity index (χ3n) is 5.64. The van der Waals surface area contributed by atoms with Gasteiger partial charge in [-0.2, -0.15) is 0 Å². The van der Waals surface area contributed by atoms with E-state index in [1.54, 1.807) is 0 Å². The zero-order valence-corrected chi connectivity index (χ0v) is 15.8. The standard InChI is InChI=1S/C21H25N3O2/c1-13-5-6-19-17(9-13)18-12-24(8-7-20(18)22-19)11-15-10-16(21(25)26-4)14(2)23(15)3/h5-6,9-10,22H,7-8,11-12H2,1-4H3. The Kier molecular flexibility index (Phi) is 4.11. The second-order valence-electron chi connectivity index (χ2n) is 7.28. The number of aromatic nitrogens is 2. The number of carbonyl (C=O) groups is 1. The Morgan fingerprint density at radius 3 is 2.85 bits per heavy atom. The first-order chi connectivity index (χ1) is 12.5. The monoisotopic (exact) mass is 351 g/mol. The molecule has 4 rings (SSSR count). The van der Waals surface area contributed by atoms with Crippen molar-refractivity contribution in [3.8, 4) is 0 Å². The second-order valence-corrected chi connectivity index (χ2v) is 7.28. The number of aromatic amines is 1. The van der Waals surface area contributed by atoms with Gasteiger partial charge in [0.1, 0.15) is 0 Å². The van der Waals surface area contributed by atoms with Crippen LogP contribution in [0.25, 0.3) is 10.9 Å². The fourth-order valence-corrected chi connectivity index (χ4v) is 3.98. The van der Waals surface area contributed by atoms with Crippen LogP contribution in [-0.2, 0) is 31.3 Å². The van der Waals surface area contributed by atoms with Gasteiger partial charge in [-0.15, -0.1) is 0 Å². The van der Waals surface area contributed by atoms with E-state index < -0.39 is 0 Å². The molecule has 0 saturated heterocycles. The quantitative estimate of drug-likeness (QED) is 0.735. The minimum atomic E-state index is -0.266. The number of rotatable bonds is 3. The maximum atomic E-state index is 11.9. The van der Waals surface area contributed by atoms with E-state index >= 15 is 0 Å². The lowest BCUT2D eigenvalue weighted by Crippen LogP contribution is -2.30. The largest absolute Gasteiger partial charge is 0.465 e. The lowest BCUT2D eigenvalue weighted by atomic mass is 10.0. The summed E-state index contributed by atoms with van der Waals surface area (Å²) in [5, 5.41) is 1.34. The highest BCUT2D eigenvalue weighted by molar-refractivity contribution is 5.91. The van der Waals surface area contributed by atoms with E-state index in [4.69, 9.17) is 4.74 Å². The molecule has 0 amide bonds. The van der Waals surface area contributed by atoms with Crippen LogP contribution < -0.4 is 0 Å². The van der Waals surface area contributed by atoms with Gasteiger partial charge in [0.05, 0.1) is 12.7 Å². The molecule has 0 bridgehead atoms. The van der Waals surface area contributed by atoms with Crippen LogP contribution in [0.3, 0.4) is 0 Å². The molecular formula is C21H25N3O2. The summed E-state index contributed by atoms with van der Waals surface area (Å²) in [4.78, 5) is 18.0. The summed E-state index contributed by atoms with van der Waals surface area (Å²) in [6, 6.07) is 8.58. The summed E-state index contributed by atoms with van der Waals surface area (Å²) in [7, 11) is 3.45. The molecule has 0 saturated carbocycles. The van der Waals surface area contributed by atoms with Crippen molar-refractivity contribution >= 4 is 16.9 Å². The molecule has 2 aromatic heterocycles. The van der Waals surface area contributed by atoms with Crippen molar-refractivity contribution < 1.29 is 9.53 Å². The Morgan fingerprint density at radius 1 is 1.27 bits per heavy atom. The van der Waals surface area contributed by atoms with Crippen LogP contribution in [0.15, 0.2) is 24.3 Å². The molecule has 1 N–H and O–H groups in total. The summed E-state index contributed by atoms with van der Waals surface area (Å²) in [5.41, 5.74) is 8.04. The summed E-state index contributed by atoms with van der Waals surface area (Å²) in [5.74, 6) is -0.266. The van der Waals surface area contributed by atoms with E-state index in [0.29, 0.717) is 5.56 Å². The average molecular weight is 351 g/mol. The zero-order chi connectivity index (χ0) is 18.4. The van der Waals surface area contributed by atoms with E-state index in [1.165, 1.54) is 34.8 Å². The van der Waals surface area contributed by atoms with Crippen LogP contribution in [0.4, 0.5) is 0 Å². The number of nitrogens with zero attached hydrogens (tertiary/aromatic N) is 2. The lowest BCUT2D eigenvalue weighted by molar-refractivity contribution is 0.0600. The van der Waals surface area contributed by atoms with E-state index in [-0.39, 0.29) is 5.97 Å². The van der Waals surface area contributed by atoms with Crippen molar-refractivity contribution in [1.82, 2.24) is 14.5 Å².